The molecule has 0 radical (unpaired) electrons. The number of carbonyl (C=O) groups excluding carboxylic acids is 2. The smallest absolute Gasteiger partial charge is 0.306 e. The molecule has 1 atom stereocenters. The van der Waals surface area contributed by atoms with Gasteiger partial charge >= 0.3 is 5.97 Å². The molecule has 51 heavy (non-hydrogen) atoms. The van der Waals surface area contributed by atoms with Gasteiger partial charge in [0.25, 0.3) is 5.91 Å². The lowest BCUT2D eigenvalue weighted by atomic mass is 9.99. The van der Waals surface area contributed by atoms with E-state index >= 15 is 4.79 Å². The van der Waals surface area contributed by atoms with Crippen molar-refractivity contribution < 1.29 is 23.8 Å². The zero-order valence-corrected chi connectivity index (χ0v) is 30.0. The Labute approximate surface area is 301 Å². The maximum Gasteiger partial charge on any atom is 0.306 e. The number of methoxy groups -OCH3 is 2. The lowest BCUT2D eigenvalue weighted by Gasteiger charge is -2.42. The number of ether oxygens (including phenoxy) is 3. The highest BCUT2D eigenvalue weighted by Gasteiger charge is 2.34. The summed E-state index contributed by atoms with van der Waals surface area (Å²) in [6.07, 6.45) is 1.46. The van der Waals surface area contributed by atoms with Crippen molar-refractivity contribution in [3.63, 3.8) is 0 Å². The third-order valence-electron chi connectivity index (χ3n) is 9.54. The number of piperazine rings is 1. The van der Waals surface area contributed by atoms with E-state index < -0.39 is 0 Å². The molecule has 0 aliphatic carbocycles. The molecule has 0 unspecified atom stereocenters. The molecule has 264 valence electrons. The first-order valence-corrected chi connectivity index (χ1v) is 17.7. The van der Waals surface area contributed by atoms with E-state index in [1.165, 1.54) is 11.1 Å². The van der Waals surface area contributed by atoms with Crippen molar-refractivity contribution in [2.45, 2.75) is 45.7 Å². The Balaban J connectivity index is 1.42. The minimum absolute atomic E-state index is 0.000364. The molecule has 8 heteroatoms. The van der Waals surface area contributed by atoms with Crippen LogP contribution in [-0.2, 0) is 28.9 Å². The van der Waals surface area contributed by atoms with Crippen molar-refractivity contribution in [3.8, 4) is 28.4 Å². The predicted octanol–water partition coefficient (Wildman–Crippen LogP) is 7.53. The van der Waals surface area contributed by atoms with Gasteiger partial charge in [-0.25, -0.2) is 0 Å². The zero-order chi connectivity index (χ0) is 35.7. The topological polar surface area (TPSA) is 73.2 Å². The van der Waals surface area contributed by atoms with Crippen LogP contribution in [0.3, 0.4) is 0 Å². The highest BCUT2D eigenvalue weighted by Crippen LogP contribution is 2.41. The summed E-state index contributed by atoms with van der Waals surface area (Å²) in [5.74, 6) is 0.841. The Hall–Kier alpha value is -5.34. The zero-order valence-electron chi connectivity index (χ0n) is 30.0. The molecule has 0 spiro atoms. The number of benzene rings is 4. The van der Waals surface area contributed by atoms with Gasteiger partial charge in [0.2, 0.25) is 0 Å². The van der Waals surface area contributed by atoms with Crippen LogP contribution in [0.1, 0.15) is 46.1 Å². The standard InChI is InChI=1S/C43H47N3O5/c1-5-51-40(47)22-21-34-27-38(42(50-4)39(28-34)49-3)46-31(2)25-37(41(46)35-19-13-8-14-20-35)43(48)45-24-23-44(29-33-17-11-7-12-18-33)30-36(45)26-32-15-9-6-10-16-32/h6-20,25,27-28,36H,5,21-24,26,29-30H2,1-4H3/t36-/m1/s1. The van der Waals surface area contributed by atoms with Crippen LogP contribution in [0.15, 0.2) is 109 Å². The molecular weight excluding hydrogens is 638 g/mol. The Morgan fingerprint density at radius 1 is 0.784 bits per heavy atom. The summed E-state index contributed by atoms with van der Waals surface area (Å²) in [5, 5.41) is 0. The number of hydrogen-bond acceptors (Lipinski definition) is 6. The van der Waals surface area contributed by atoms with Crippen LogP contribution in [0, 0.1) is 6.92 Å². The molecule has 1 fully saturated rings. The molecule has 1 aliphatic heterocycles. The summed E-state index contributed by atoms with van der Waals surface area (Å²) in [7, 11) is 3.23. The average molecular weight is 686 g/mol. The van der Waals surface area contributed by atoms with Gasteiger partial charge in [-0.3, -0.25) is 14.5 Å². The van der Waals surface area contributed by atoms with Crippen molar-refractivity contribution in [3.05, 3.63) is 137 Å². The van der Waals surface area contributed by atoms with E-state index in [4.69, 9.17) is 14.2 Å². The van der Waals surface area contributed by atoms with E-state index in [1.54, 1.807) is 21.1 Å². The number of aromatic nitrogens is 1. The van der Waals surface area contributed by atoms with Gasteiger partial charge in [0.05, 0.1) is 37.8 Å². The summed E-state index contributed by atoms with van der Waals surface area (Å²) in [6, 6.07) is 36.9. The van der Waals surface area contributed by atoms with Crippen LogP contribution in [0.25, 0.3) is 16.9 Å². The maximum absolute atomic E-state index is 15.0. The molecular formula is C43H47N3O5. The molecule has 1 aromatic heterocycles. The second kappa shape index (κ2) is 16.6. The van der Waals surface area contributed by atoms with Crippen LogP contribution in [-0.4, -0.2) is 72.7 Å². The minimum atomic E-state index is -0.252. The van der Waals surface area contributed by atoms with Crippen LogP contribution < -0.4 is 9.47 Å². The fraction of sp³-hybridized carbons (Fsp3) is 0.302. The number of hydrogen-bond donors (Lipinski definition) is 0. The van der Waals surface area contributed by atoms with Gasteiger partial charge in [-0.05, 0) is 67.1 Å². The van der Waals surface area contributed by atoms with Crippen molar-refractivity contribution >= 4 is 11.9 Å². The second-order valence-electron chi connectivity index (χ2n) is 13.0. The molecule has 1 aliphatic rings. The quantitative estimate of drug-likeness (QED) is 0.119. The molecule has 1 saturated heterocycles. The minimum Gasteiger partial charge on any atom is -0.493 e. The summed E-state index contributed by atoms with van der Waals surface area (Å²) in [4.78, 5) is 31.9. The van der Waals surface area contributed by atoms with Gasteiger partial charge in [0.1, 0.15) is 0 Å². The first kappa shape index (κ1) is 35.5. The van der Waals surface area contributed by atoms with Crippen molar-refractivity contribution in [1.29, 1.82) is 0 Å². The molecule has 5 aromatic rings. The van der Waals surface area contributed by atoms with E-state index in [0.717, 1.165) is 54.3 Å². The number of amides is 1. The van der Waals surface area contributed by atoms with Gasteiger partial charge in [-0.1, -0.05) is 91.0 Å². The summed E-state index contributed by atoms with van der Waals surface area (Å²) in [6.45, 7) is 7.15. The highest BCUT2D eigenvalue weighted by atomic mass is 16.5. The van der Waals surface area contributed by atoms with Crippen molar-refractivity contribution in [2.24, 2.45) is 0 Å². The monoisotopic (exact) mass is 685 g/mol. The average Bonchev–Trinajstić information content (AvgIpc) is 3.51. The second-order valence-corrected chi connectivity index (χ2v) is 13.0. The number of aryl methyl sites for hydroxylation is 2. The van der Waals surface area contributed by atoms with Gasteiger partial charge in [0.15, 0.2) is 11.5 Å². The summed E-state index contributed by atoms with van der Waals surface area (Å²) < 4.78 is 19.1. The molecule has 6 rings (SSSR count). The van der Waals surface area contributed by atoms with Crippen LogP contribution in [0.4, 0.5) is 0 Å². The van der Waals surface area contributed by atoms with Crippen LogP contribution in [0.2, 0.25) is 0 Å². The van der Waals surface area contributed by atoms with Crippen molar-refractivity contribution in [1.82, 2.24) is 14.4 Å². The Morgan fingerprint density at radius 3 is 2.10 bits per heavy atom. The lowest BCUT2D eigenvalue weighted by Crippen LogP contribution is -2.55. The predicted molar refractivity (Wildman–Crippen MR) is 201 cm³/mol. The lowest BCUT2D eigenvalue weighted by molar-refractivity contribution is -0.143. The van der Waals surface area contributed by atoms with Crippen LogP contribution in [0.5, 0.6) is 11.5 Å². The van der Waals surface area contributed by atoms with Gasteiger partial charge in [0, 0.05) is 44.3 Å². The van der Waals surface area contributed by atoms with E-state index in [0.29, 0.717) is 36.6 Å². The van der Waals surface area contributed by atoms with E-state index in [-0.39, 0.29) is 24.3 Å². The normalized spacial score (nSPS) is 14.7. The molecule has 4 aromatic carbocycles. The molecule has 8 nitrogen and oxygen atoms in total. The van der Waals surface area contributed by atoms with Gasteiger partial charge in [-0.15, -0.1) is 0 Å². The van der Waals surface area contributed by atoms with E-state index in [2.05, 4.69) is 62.9 Å². The SMILES string of the molecule is CCOC(=O)CCc1cc(OC)c(OC)c(-n2c(C)cc(C(=O)N3CCN(Cc4ccccc4)C[C@H]3Cc3ccccc3)c2-c2ccccc2)c1. The Morgan fingerprint density at radius 2 is 1.45 bits per heavy atom. The number of carbonyl (C=O) groups is 2. The van der Waals surface area contributed by atoms with Crippen LogP contribution >= 0.6 is 0 Å². The largest absolute Gasteiger partial charge is 0.493 e. The molecule has 0 bridgehead atoms. The third kappa shape index (κ3) is 8.18. The van der Waals surface area contributed by atoms with Gasteiger partial charge < -0.3 is 23.7 Å². The molecule has 2 heterocycles. The fourth-order valence-corrected chi connectivity index (χ4v) is 7.17. The number of rotatable bonds is 13. The molecule has 0 N–H and O–H groups in total. The highest BCUT2D eigenvalue weighted by molar-refractivity contribution is 6.01. The summed E-state index contributed by atoms with van der Waals surface area (Å²) >= 11 is 0. The first-order chi connectivity index (χ1) is 24.9. The van der Waals surface area contributed by atoms with Crippen molar-refractivity contribution in [2.75, 3.05) is 40.5 Å². The molecule has 0 saturated carbocycles. The first-order valence-electron chi connectivity index (χ1n) is 17.7. The number of nitrogens with zero attached hydrogens (tertiary/aromatic N) is 3. The Bertz CT molecular complexity index is 1920. The Kier molecular flexibility index (Phi) is 11.5. The van der Waals surface area contributed by atoms with Gasteiger partial charge in [-0.2, -0.15) is 0 Å². The number of esters is 1. The maximum atomic E-state index is 15.0. The van der Waals surface area contributed by atoms with E-state index in [9.17, 15) is 4.79 Å². The third-order valence-corrected chi connectivity index (χ3v) is 9.54. The fourth-order valence-electron chi connectivity index (χ4n) is 7.17. The molecule has 1 amide bonds. The van der Waals surface area contributed by atoms with E-state index in [1.807, 2.05) is 67.6 Å². The summed E-state index contributed by atoms with van der Waals surface area (Å²) in [5.41, 5.74) is 7.31.